The first kappa shape index (κ1) is 27.6. The molecule has 0 unspecified atom stereocenters. The first-order valence-corrected chi connectivity index (χ1v) is 14.2. The van der Waals surface area contributed by atoms with Crippen molar-refractivity contribution < 1.29 is 28.8 Å². The molecule has 0 radical (unpaired) electrons. The lowest BCUT2D eigenvalue weighted by Gasteiger charge is -2.35. The number of amides is 1. The van der Waals surface area contributed by atoms with Crippen molar-refractivity contribution in [3.05, 3.63) is 65.0 Å². The Bertz CT molecular complexity index is 1610. The molecule has 3 heterocycles. The number of likely N-dealkylation sites (tertiary alicyclic amines) is 1. The molecule has 0 atom stereocenters. The second-order valence-electron chi connectivity index (χ2n) is 11.9. The van der Waals surface area contributed by atoms with Gasteiger partial charge in [0, 0.05) is 65.0 Å². The van der Waals surface area contributed by atoms with Gasteiger partial charge < -0.3 is 18.9 Å². The van der Waals surface area contributed by atoms with E-state index in [1.165, 1.54) is 0 Å². The molecule has 4 aromatic rings. The minimum absolute atomic E-state index is 0.0788. The molecule has 0 bridgehead atoms. The van der Waals surface area contributed by atoms with Crippen LogP contribution in [0.25, 0.3) is 22.3 Å². The van der Waals surface area contributed by atoms with E-state index in [0.29, 0.717) is 48.9 Å². The number of carbonyl (C=O) groups excluding carboxylic acids is 2. The first-order chi connectivity index (χ1) is 20.2. The lowest BCUT2D eigenvalue weighted by molar-refractivity contribution is -0.379. The van der Waals surface area contributed by atoms with Crippen LogP contribution in [-0.2, 0) is 9.47 Å². The Kier molecular flexibility index (Phi) is 7.21. The normalized spacial score (nSPS) is 19.4. The third-order valence-corrected chi connectivity index (χ3v) is 7.72. The fraction of sp³-hybridized carbons (Fsp3) is 0.433. The van der Waals surface area contributed by atoms with E-state index in [-0.39, 0.29) is 24.2 Å². The van der Waals surface area contributed by atoms with Gasteiger partial charge in [-0.15, -0.1) is 0 Å². The highest BCUT2D eigenvalue weighted by Crippen LogP contribution is 2.37. The van der Waals surface area contributed by atoms with Crippen molar-refractivity contribution in [2.45, 2.75) is 70.1 Å². The van der Waals surface area contributed by atoms with E-state index < -0.39 is 11.6 Å². The molecular weight excluding hydrogens is 540 g/mol. The van der Waals surface area contributed by atoms with Gasteiger partial charge in [-0.25, -0.2) is 9.59 Å². The van der Waals surface area contributed by atoms with Crippen LogP contribution in [0.5, 0.6) is 0 Å². The summed E-state index contributed by atoms with van der Waals surface area (Å²) < 4.78 is 18.7. The van der Waals surface area contributed by atoms with Crippen molar-refractivity contribution in [2.75, 3.05) is 13.1 Å². The van der Waals surface area contributed by atoms with Crippen molar-refractivity contribution in [3.8, 4) is 11.4 Å². The highest BCUT2D eigenvalue weighted by molar-refractivity contribution is 5.89. The molecule has 1 aliphatic heterocycles. The molecule has 1 saturated heterocycles. The molecule has 218 valence electrons. The van der Waals surface area contributed by atoms with Crippen LogP contribution in [0.1, 0.15) is 74.7 Å². The highest BCUT2D eigenvalue weighted by Gasteiger charge is 2.35. The molecule has 1 amide bonds. The molecule has 2 aromatic heterocycles. The van der Waals surface area contributed by atoms with Crippen LogP contribution in [0.3, 0.4) is 0 Å². The maximum Gasteiger partial charge on any atom is 0.410 e. The maximum absolute atomic E-state index is 12.5. The predicted octanol–water partition coefficient (Wildman–Crippen LogP) is 4.24. The topological polar surface area (TPSA) is 144 Å². The average Bonchev–Trinajstić information content (AvgIpc) is 3.61. The minimum Gasteiger partial charge on any atom is -0.459 e. The number of hydrogen-bond donors (Lipinski definition) is 1. The largest absolute Gasteiger partial charge is 0.459 e. The minimum atomic E-state index is -0.523. The van der Waals surface area contributed by atoms with Gasteiger partial charge in [-0.2, -0.15) is 10.1 Å². The number of nitrogens with one attached hydrogen (secondary N) is 1. The Morgan fingerprint density at radius 2 is 1.79 bits per heavy atom. The Labute approximate surface area is 241 Å². The molecule has 2 fully saturated rings. The summed E-state index contributed by atoms with van der Waals surface area (Å²) in [5, 5.41) is 11.6. The van der Waals surface area contributed by atoms with Crippen LogP contribution in [0.2, 0.25) is 0 Å². The van der Waals surface area contributed by atoms with Gasteiger partial charge in [-0.3, -0.25) is 4.68 Å². The van der Waals surface area contributed by atoms with Gasteiger partial charge in [0.05, 0.1) is 23.3 Å². The zero-order valence-electron chi connectivity index (χ0n) is 23.8. The Morgan fingerprint density at radius 1 is 1.05 bits per heavy atom. The van der Waals surface area contributed by atoms with E-state index in [1.807, 2.05) is 49.8 Å². The van der Waals surface area contributed by atoms with Gasteiger partial charge in [-0.1, -0.05) is 17.3 Å². The number of ether oxygens (including phenoxy) is 2. The molecular formula is C30H33N6O6+. The molecule has 0 spiro atoms. The van der Waals surface area contributed by atoms with Gasteiger partial charge in [0.1, 0.15) is 11.7 Å². The lowest BCUT2D eigenvalue weighted by Crippen LogP contribution is -2.55. The zero-order chi connectivity index (χ0) is 29.4. The smallest absolute Gasteiger partial charge is 0.410 e. The van der Waals surface area contributed by atoms with E-state index in [2.05, 4.69) is 10.3 Å². The lowest BCUT2D eigenvalue weighted by atomic mass is 9.89. The molecule has 1 aliphatic carbocycles. The third-order valence-electron chi connectivity index (χ3n) is 7.72. The number of hydrogen-bond acceptors (Lipinski definition) is 9. The summed E-state index contributed by atoms with van der Waals surface area (Å²) in [7, 11) is 0. The van der Waals surface area contributed by atoms with E-state index in [0.717, 1.165) is 29.3 Å². The summed E-state index contributed by atoms with van der Waals surface area (Å²) >= 11 is 0. The highest BCUT2D eigenvalue weighted by atomic mass is 16.6. The summed E-state index contributed by atoms with van der Waals surface area (Å²) in [5.74, 6) is 0.750. The van der Waals surface area contributed by atoms with Crippen molar-refractivity contribution in [2.24, 2.45) is 0 Å². The van der Waals surface area contributed by atoms with E-state index in [9.17, 15) is 14.5 Å². The predicted molar refractivity (Wildman–Crippen MR) is 151 cm³/mol. The van der Waals surface area contributed by atoms with Gasteiger partial charge >= 0.3 is 12.1 Å². The monoisotopic (exact) mass is 573 g/mol. The molecule has 12 nitrogen and oxygen atoms in total. The van der Waals surface area contributed by atoms with Crippen LogP contribution >= 0.6 is 0 Å². The van der Waals surface area contributed by atoms with E-state index in [1.54, 1.807) is 34.3 Å². The molecule has 6 rings (SSSR count). The quantitative estimate of drug-likeness (QED) is 0.335. The number of esters is 1. The number of rotatable bonds is 6. The van der Waals surface area contributed by atoms with Crippen LogP contribution in [0.4, 0.5) is 10.5 Å². The fourth-order valence-electron chi connectivity index (χ4n) is 5.35. The molecule has 2 aromatic carbocycles. The Balaban J connectivity index is 1.08. The number of aromatic nitrogens is 4. The number of nitrogens with zero attached hydrogens (tertiary/aromatic N) is 5. The number of benzene rings is 2. The fourth-order valence-corrected chi connectivity index (χ4v) is 5.35. The second kappa shape index (κ2) is 11.0. The van der Waals surface area contributed by atoms with Crippen LogP contribution in [0.15, 0.2) is 53.2 Å². The van der Waals surface area contributed by atoms with E-state index >= 15 is 0 Å². The van der Waals surface area contributed by atoms with Crippen molar-refractivity contribution in [1.82, 2.24) is 24.8 Å². The van der Waals surface area contributed by atoms with Crippen LogP contribution in [0, 0.1) is 4.91 Å². The van der Waals surface area contributed by atoms with Crippen molar-refractivity contribution in [3.63, 3.8) is 0 Å². The van der Waals surface area contributed by atoms with Gasteiger partial charge in [-0.05, 0) is 51.8 Å². The van der Waals surface area contributed by atoms with E-state index in [4.69, 9.17) is 19.0 Å². The van der Waals surface area contributed by atoms with Gasteiger partial charge in [0.15, 0.2) is 0 Å². The summed E-state index contributed by atoms with van der Waals surface area (Å²) in [6, 6.07) is 12.3. The van der Waals surface area contributed by atoms with Crippen LogP contribution < -0.4 is 5.18 Å². The summed E-state index contributed by atoms with van der Waals surface area (Å²) in [4.78, 5) is 42.0. The Hall–Kier alpha value is -4.61. The standard InChI is InChI=1S/C30H32N6O6/c1-30(2,3)41-29(38)35-12-10-18(11-13-35)27-32-26(34-42-27)20-4-5-21-17-31-36(25(21)14-20)23-15-24(16-23)40-28(37)19-6-8-22(33-39)9-7-19/h4-9,14,17-18,23-24H,10-13,15-16H2,1-3H3/p+1. The SMILES string of the molecule is CC(C)(C)OC(=O)N1CCC(c2nc(-c3ccc4cnn(C5CC(OC(=O)c6ccc([NH+]=O)cc6)C5)c4c3)no2)CC1. The van der Waals surface area contributed by atoms with Crippen molar-refractivity contribution >= 4 is 28.7 Å². The van der Waals surface area contributed by atoms with Gasteiger partial charge in [0.25, 0.3) is 5.69 Å². The molecule has 1 N–H and O–H groups in total. The van der Waals surface area contributed by atoms with Crippen molar-refractivity contribution in [1.29, 1.82) is 0 Å². The number of fused-ring (bicyclic) bond motifs is 1. The molecule has 2 aliphatic rings. The molecule has 1 saturated carbocycles. The maximum atomic E-state index is 12.5. The average molecular weight is 574 g/mol. The van der Waals surface area contributed by atoms with Crippen LogP contribution in [-0.4, -0.2) is 61.7 Å². The number of nitroso groups, excluding NO2 is 1. The molecule has 42 heavy (non-hydrogen) atoms. The summed E-state index contributed by atoms with van der Waals surface area (Å²) in [6.07, 6.45) is 4.08. The number of piperidine rings is 1. The molecule has 12 heteroatoms. The number of carbonyl (C=O) groups is 2. The third kappa shape index (κ3) is 5.74. The second-order valence-corrected chi connectivity index (χ2v) is 11.9. The summed E-state index contributed by atoms with van der Waals surface area (Å²) in [5.41, 5.74) is 2.03. The first-order valence-electron chi connectivity index (χ1n) is 14.2. The summed E-state index contributed by atoms with van der Waals surface area (Å²) in [6.45, 7) is 6.74. The van der Waals surface area contributed by atoms with Gasteiger partial charge in [0.2, 0.25) is 11.7 Å². The Morgan fingerprint density at radius 3 is 2.48 bits per heavy atom. The zero-order valence-corrected chi connectivity index (χ0v) is 23.8.